The zero-order chi connectivity index (χ0) is 51.4. The van der Waals surface area contributed by atoms with E-state index in [4.69, 9.17) is 51.5 Å². The summed E-state index contributed by atoms with van der Waals surface area (Å²) in [6.45, 7) is -0.0211. The minimum Gasteiger partial charge on any atom is -0.504 e. The van der Waals surface area contributed by atoms with Crippen LogP contribution in [0, 0.1) is 0 Å². The van der Waals surface area contributed by atoms with E-state index in [1.165, 1.54) is 28.4 Å². The Morgan fingerprint density at radius 3 is 1.26 bits per heavy atom. The molecule has 0 saturated heterocycles. The molecule has 0 aliphatic heterocycles. The molecule has 1 N–H and O–H groups in total. The minimum atomic E-state index is -4.22. The van der Waals surface area contributed by atoms with Gasteiger partial charge in [0.15, 0.2) is 57.6 Å². The highest BCUT2D eigenvalue weighted by Gasteiger charge is 2.33. The highest BCUT2D eigenvalue weighted by molar-refractivity contribution is 7.48. The second-order valence-corrected chi connectivity index (χ2v) is 17.8. The van der Waals surface area contributed by atoms with Gasteiger partial charge in [-0.2, -0.15) is 0 Å². The molecule has 72 heavy (non-hydrogen) atoms. The first kappa shape index (κ1) is 52.1. The molecule has 376 valence electrons. The van der Waals surface area contributed by atoms with E-state index in [1.54, 1.807) is 77.0 Å². The van der Waals surface area contributed by atoms with Crippen LogP contribution in [0.3, 0.4) is 0 Å². The lowest BCUT2D eigenvalue weighted by atomic mass is 9.92. The third-order valence-electron chi connectivity index (χ3n) is 11.9. The van der Waals surface area contributed by atoms with E-state index < -0.39 is 7.82 Å². The number of carbonyl (C=O) groups excluding carboxylic acids is 2. The number of phosphoric ester groups is 1. The van der Waals surface area contributed by atoms with Crippen LogP contribution < -0.4 is 42.4 Å². The number of hydrogen-bond donors (Lipinski definition) is 1. The molecule has 0 heterocycles. The number of fused-ring (bicyclic) bond motifs is 2. The SMILES string of the molecule is COc1ccc(C2=CC(=O)CCc3c2cc(OC)c(OC)c3OC)cc1O.COc1ccc(C2=CC(=O)CCc3c2cc(OC)c(OC)c3OC)cc1OP(=O)(OCc1ccccc1)OCc1ccccc1. The van der Waals surface area contributed by atoms with E-state index in [0.717, 1.165) is 33.4 Å². The maximum Gasteiger partial charge on any atom is 0.530 e. The molecular formula is C56H57O15P. The lowest BCUT2D eigenvalue weighted by Gasteiger charge is -2.22. The summed E-state index contributed by atoms with van der Waals surface area (Å²) in [7, 11) is 8.04. The number of phenols is 1. The smallest absolute Gasteiger partial charge is 0.504 e. The molecule has 0 amide bonds. The number of methoxy groups -OCH3 is 8. The molecule has 0 fully saturated rings. The normalized spacial score (nSPS) is 13.1. The van der Waals surface area contributed by atoms with Gasteiger partial charge >= 0.3 is 7.82 Å². The van der Waals surface area contributed by atoms with Crippen LogP contribution in [0.5, 0.6) is 57.5 Å². The summed E-state index contributed by atoms with van der Waals surface area (Å²) in [5.74, 6) is 3.64. The van der Waals surface area contributed by atoms with Crippen LogP contribution in [0.4, 0.5) is 0 Å². The van der Waals surface area contributed by atoms with Crippen molar-refractivity contribution >= 4 is 30.5 Å². The summed E-state index contributed by atoms with van der Waals surface area (Å²) in [6, 6.07) is 32.5. The van der Waals surface area contributed by atoms with Gasteiger partial charge in [0.1, 0.15) is 0 Å². The van der Waals surface area contributed by atoms with Crippen LogP contribution in [0.25, 0.3) is 11.1 Å². The Hall–Kier alpha value is -7.71. The van der Waals surface area contributed by atoms with Crippen molar-refractivity contribution in [3.63, 3.8) is 0 Å². The Balaban J connectivity index is 0.000000240. The highest BCUT2D eigenvalue weighted by atomic mass is 31.2. The van der Waals surface area contributed by atoms with Crippen LogP contribution in [-0.2, 0) is 49.3 Å². The quantitative estimate of drug-likeness (QED) is 0.0805. The number of rotatable bonds is 18. The predicted octanol–water partition coefficient (Wildman–Crippen LogP) is 11.0. The summed E-state index contributed by atoms with van der Waals surface area (Å²) >= 11 is 0. The molecule has 0 spiro atoms. The number of allylic oxidation sites excluding steroid dienone is 2. The zero-order valence-corrected chi connectivity index (χ0v) is 42.3. The first-order valence-corrected chi connectivity index (χ1v) is 24.2. The van der Waals surface area contributed by atoms with Crippen molar-refractivity contribution < 1.29 is 70.7 Å². The fourth-order valence-corrected chi connectivity index (χ4v) is 9.62. The van der Waals surface area contributed by atoms with E-state index in [1.807, 2.05) is 72.8 Å². The van der Waals surface area contributed by atoms with Crippen molar-refractivity contribution in [1.82, 2.24) is 0 Å². The molecule has 0 aromatic heterocycles. The molecule has 0 atom stereocenters. The summed E-state index contributed by atoms with van der Waals surface area (Å²) in [4.78, 5) is 25.4. The summed E-state index contributed by atoms with van der Waals surface area (Å²) in [5, 5.41) is 10.2. The maximum atomic E-state index is 14.2. The van der Waals surface area contributed by atoms with Gasteiger partial charge in [-0.15, -0.1) is 0 Å². The maximum absolute atomic E-state index is 14.2. The second kappa shape index (κ2) is 23.9. The van der Waals surface area contributed by atoms with E-state index >= 15 is 0 Å². The average Bonchev–Trinajstić information content (AvgIpc) is 3.69. The third kappa shape index (κ3) is 11.7. The predicted molar refractivity (Wildman–Crippen MR) is 271 cm³/mol. The number of hydrogen-bond acceptors (Lipinski definition) is 15. The van der Waals surface area contributed by atoms with Gasteiger partial charge in [0.2, 0.25) is 11.5 Å². The number of ether oxygens (including phenoxy) is 8. The largest absolute Gasteiger partial charge is 0.530 e. The Kier molecular flexibility index (Phi) is 17.3. The lowest BCUT2D eigenvalue weighted by molar-refractivity contribution is -0.115. The first-order chi connectivity index (χ1) is 34.9. The van der Waals surface area contributed by atoms with Gasteiger partial charge in [-0.25, -0.2) is 4.57 Å². The summed E-state index contributed by atoms with van der Waals surface area (Å²) in [5.41, 5.74) is 7.37. The third-order valence-corrected chi connectivity index (χ3v) is 13.2. The van der Waals surface area contributed by atoms with Crippen molar-refractivity contribution in [2.24, 2.45) is 0 Å². The Labute approximate surface area is 419 Å². The molecule has 6 aromatic carbocycles. The van der Waals surface area contributed by atoms with Crippen molar-refractivity contribution in [2.45, 2.75) is 38.9 Å². The van der Waals surface area contributed by atoms with Crippen molar-refractivity contribution in [1.29, 1.82) is 0 Å². The van der Waals surface area contributed by atoms with E-state index in [9.17, 15) is 19.3 Å². The van der Waals surface area contributed by atoms with Crippen LogP contribution in [0.15, 0.2) is 121 Å². The fourth-order valence-electron chi connectivity index (χ4n) is 8.44. The topological polar surface area (TPSA) is 173 Å². The molecule has 2 aliphatic rings. The van der Waals surface area contributed by atoms with Gasteiger partial charge in [-0.3, -0.25) is 18.6 Å². The number of phosphoric acid groups is 1. The number of carbonyl (C=O) groups is 2. The Morgan fingerprint density at radius 1 is 0.444 bits per heavy atom. The number of aromatic hydroxyl groups is 1. The van der Waals surface area contributed by atoms with Crippen molar-refractivity contribution in [3.05, 3.63) is 166 Å². The lowest BCUT2D eigenvalue weighted by Crippen LogP contribution is -2.05. The monoisotopic (exact) mass is 1000 g/mol. The van der Waals surface area contributed by atoms with Gasteiger partial charge in [-0.05, 0) is 106 Å². The summed E-state index contributed by atoms with van der Waals surface area (Å²) < 4.78 is 76.2. The molecule has 16 heteroatoms. The standard InChI is InChI=1S/C35H35O9P.C21H22O6/c1-38-31-18-15-26(29-20-27(36)16-17-28-30(29)21-33(39-2)35(41-4)34(28)40-3)19-32(31)44-45(37,42-22-24-11-7-5-8-12-24)43-23-25-13-9-6-10-14-25;1-24-18-8-5-12(9-17(18)23)15-10-13(22)6-7-14-16(15)11-19(25-2)21(27-4)20(14)26-3/h5-15,18-21H,16-17,22-23H2,1-4H3;5,8-11,23H,6-7H2,1-4H3. The molecule has 2 aliphatic carbocycles. The number of benzene rings is 6. The van der Waals surface area contributed by atoms with Crippen LogP contribution >= 0.6 is 7.82 Å². The van der Waals surface area contributed by atoms with Crippen molar-refractivity contribution in [2.75, 3.05) is 56.9 Å². The Bertz CT molecular complexity index is 2970. The molecule has 15 nitrogen and oxygen atoms in total. The molecule has 6 aromatic rings. The van der Waals surface area contributed by atoms with E-state index in [-0.39, 0.29) is 42.7 Å². The molecule has 0 unspecified atom stereocenters. The van der Waals surface area contributed by atoms with Crippen LogP contribution in [-0.4, -0.2) is 73.6 Å². The van der Waals surface area contributed by atoms with Crippen LogP contribution in [0.1, 0.15) is 57.3 Å². The number of ketones is 2. The number of phenolic OH excluding ortho intramolecular Hbond substituents is 1. The van der Waals surface area contributed by atoms with Crippen molar-refractivity contribution in [3.8, 4) is 57.5 Å². The fraction of sp³-hybridized carbons (Fsp3) is 0.250. The van der Waals surface area contributed by atoms with Gasteiger partial charge in [0.25, 0.3) is 0 Å². The molecule has 0 radical (unpaired) electrons. The average molecular weight is 1000 g/mol. The van der Waals surface area contributed by atoms with E-state index in [0.29, 0.717) is 87.5 Å². The molecule has 0 saturated carbocycles. The minimum absolute atomic E-state index is 0.00147. The van der Waals surface area contributed by atoms with Crippen LogP contribution in [0.2, 0.25) is 0 Å². The van der Waals surface area contributed by atoms with Gasteiger partial charge in [0.05, 0.1) is 70.1 Å². The second-order valence-electron chi connectivity index (χ2n) is 16.2. The van der Waals surface area contributed by atoms with E-state index in [2.05, 4.69) is 0 Å². The highest BCUT2D eigenvalue weighted by Crippen LogP contribution is 2.54. The first-order valence-electron chi connectivity index (χ1n) is 22.8. The Morgan fingerprint density at radius 2 is 0.861 bits per heavy atom. The van der Waals surface area contributed by atoms with Gasteiger partial charge < -0.3 is 47.5 Å². The molecule has 8 rings (SSSR count). The molecule has 0 bridgehead atoms. The molecular weight excluding hydrogens is 944 g/mol. The zero-order valence-electron chi connectivity index (χ0n) is 41.4. The summed E-state index contributed by atoms with van der Waals surface area (Å²) in [6.07, 6.45) is 4.76. The van der Waals surface area contributed by atoms with Gasteiger partial charge in [-0.1, -0.05) is 72.8 Å². The van der Waals surface area contributed by atoms with Gasteiger partial charge in [0, 0.05) is 24.0 Å².